The lowest BCUT2D eigenvalue weighted by atomic mass is 9.57. The minimum Gasteiger partial charge on any atom is -0.480 e. The van der Waals surface area contributed by atoms with E-state index in [1.807, 2.05) is 18.7 Å². The summed E-state index contributed by atoms with van der Waals surface area (Å²) in [6.07, 6.45) is 1.47. The molecular weight excluding hydrogens is 390 g/mol. The van der Waals surface area contributed by atoms with Crippen molar-refractivity contribution in [3.8, 4) is 0 Å². The standard InChI is InChI=1S/C22H29NO7/c1-11-6-7-16(25)22(3)9-15(29-12(2)24)17-13(21(28)30-19(17)18(11)22)10-23-8-4-5-14(23)20(26)27/h13-15,17,19H,4-10H2,1-3H3,(H,26,27)/t13-,14-,15-,17+,19-,22-/m0/s1. The Kier molecular flexibility index (Phi) is 5.24. The molecule has 8 nitrogen and oxygen atoms in total. The van der Waals surface area contributed by atoms with Crippen molar-refractivity contribution in [1.82, 2.24) is 4.90 Å². The van der Waals surface area contributed by atoms with E-state index in [2.05, 4.69) is 0 Å². The summed E-state index contributed by atoms with van der Waals surface area (Å²) in [5.74, 6) is -2.68. The third-order valence-corrected chi connectivity index (χ3v) is 7.48. The van der Waals surface area contributed by atoms with Crippen LogP contribution in [-0.2, 0) is 28.7 Å². The minimum absolute atomic E-state index is 0.0867. The molecular formula is C22H29NO7. The lowest BCUT2D eigenvalue weighted by Gasteiger charge is -2.48. The van der Waals surface area contributed by atoms with E-state index in [9.17, 15) is 24.3 Å². The summed E-state index contributed by atoms with van der Waals surface area (Å²) in [6.45, 7) is 6.03. The van der Waals surface area contributed by atoms with Crippen LogP contribution in [0.1, 0.15) is 52.9 Å². The summed E-state index contributed by atoms with van der Waals surface area (Å²) >= 11 is 0. The molecule has 0 amide bonds. The number of carbonyl (C=O) groups excluding carboxylic acids is 3. The van der Waals surface area contributed by atoms with Crippen LogP contribution in [0.3, 0.4) is 0 Å². The number of esters is 2. The van der Waals surface area contributed by atoms with Crippen LogP contribution >= 0.6 is 0 Å². The van der Waals surface area contributed by atoms with Crippen molar-refractivity contribution in [3.63, 3.8) is 0 Å². The van der Waals surface area contributed by atoms with Gasteiger partial charge in [0.25, 0.3) is 0 Å². The molecule has 3 fully saturated rings. The van der Waals surface area contributed by atoms with Gasteiger partial charge in [-0.2, -0.15) is 0 Å². The van der Waals surface area contributed by atoms with Crippen molar-refractivity contribution in [1.29, 1.82) is 0 Å². The number of carboxylic acid groups (broad SMARTS) is 1. The number of ether oxygens (including phenoxy) is 2. The number of fused-ring (bicyclic) bond motifs is 3. The fourth-order valence-electron chi connectivity index (χ4n) is 6.12. The second-order valence-electron chi connectivity index (χ2n) is 9.33. The van der Waals surface area contributed by atoms with E-state index >= 15 is 0 Å². The summed E-state index contributed by atoms with van der Waals surface area (Å²) in [6, 6.07) is -0.616. The Morgan fingerprint density at radius 1 is 1.30 bits per heavy atom. The van der Waals surface area contributed by atoms with Gasteiger partial charge in [0, 0.05) is 26.3 Å². The lowest BCUT2D eigenvalue weighted by molar-refractivity contribution is -0.158. The first-order valence-corrected chi connectivity index (χ1v) is 10.7. The second kappa shape index (κ2) is 7.48. The maximum atomic E-state index is 13.0. The number of hydrogen-bond acceptors (Lipinski definition) is 7. The van der Waals surface area contributed by atoms with Gasteiger partial charge in [-0.05, 0) is 45.2 Å². The van der Waals surface area contributed by atoms with Gasteiger partial charge in [0.2, 0.25) is 0 Å². The molecule has 2 saturated heterocycles. The number of hydrogen-bond donors (Lipinski definition) is 1. The molecule has 0 aromatic rings. The van der Waals surface area contributed by atoms with Crippen LogP contribution in [0.4, 0.5) is 0 Å². The van der Waals surface area contributed by atoms with Crippen molar-refractivity contribution in [2.75, 3.05) is 13.1 Å². The molecule has 30 heavy (non-hydrogen) atoms. The summed E-state index contributed by atoms with van der Waals surface area (Å²) in [7, 11) is 0. The highest BCUT2D eigenvalue weighted by Crippen LogP contribution is 2.55. The first-order valence-electron chi connectivity index (χ1n) is 10.7. The van der Waals surface area contributed by atoms with E-state index in [1.165, 1.54) is 6.92 Å². The van der Waals surface area contributed by atoms with Crippen LogP contribution in [0, 0.1) is 17.3 Å². The number of nitrogens with zero attached hydrogens (tertiary/aromatic N) is 1. The highest BCUT2D eigenvalue weighted by atomic mass is 16.6. The predicted octanol–water partition coefficient (Wildman–Crippen LogP) is 1.71. The number of carboxylic acids is 1. The van der Waals surface area contributed by atoms with Crippen molar-refractivity contribution >= 4 is 23.7 Å². The molecule has 164 valence electrons. The highest BCUT2D eigenvalue weighted by Gasteiger charge is 2.61. The van der Waals surface area contributed by atoms with E-state index in [4.69, 9.17) is 9.47 Å². The third kappa shape index (κ3) is 3.25. The van der Waals surface area contributed by atoms with Crippen molar-refractivity contribution in [2.24, 2.45) is 17.3 Å². The molecule has 2 heterocycles. The van der Waals surface area contributed by atoms with Gasteiger partial charge < -0.3 is 14.6 Å². The zero-order valence-electron chi connectivity index (χ0n) is 17.7. The van der Waals surface area contributed by atoms with E-state index in [-0.39, 0.29) is 12.3 Å². The van der Waals surface area contributed by atoms with E-state index in [0.29, 0.717) is 32.2 Å². The van der Waals surface area contributed by atoms with Crippen molar-refractivity contribution < 1.29 is 33.8 Å². The Balaban J connectivity index is 1.70. The molecule has 1 N–H and O–H groups in total. The molecule has 4 rings (SSSR count). The first-order chi connectivity index (χ1) is 14.1. The minimum atomic E-state index is -0.889. The Labute approximate surface area is 175 Å². The van der Waals surface area contributed by atoms with Crippen LogP contribution in [0.5, 0.6) is 0 Å². The van der Waals surface area contributed by atoms with Gasteiger partial charge >= 0.3 is 17.9 Å². The van der Waals surface area contributed by atoms with Gasteiger partial charge in [0.15, 0.2) is 0 Å². The molecule has 0 radical (unpaired) electrons. The molecule has 4 aliphatic rings. The Morgan fingerprint density at radius 2 is 2.03 bits per heavy atom. The van der Waals surface area contributed by atoms with Gasteiger partial charge in [0.1, 0.15) is 24.0 Å². The third-order valence-electron chi connectivity index (χ3n) is 7.48. The maximum absolute atomic E-state index is 13.0. The topological polar surface area (TPSA) is 110 Å². The molecule has 1 saturated carbocycles. The summed E-state index contributed by atoms with van der Waals surface area (Å²) < 4.78 is 11.5. The van der Waals surface area contributed by atoms with Gasteiger partial charge in [-0.15, -0.1) is 0 Å². The lowest BCUT2D eigenvalue weighted by Crippen LogP contribution is -2.53. The van der Waals surface area contributed by atoms with Gasteiger partial charge in [0.05, 0.1) is 17.3 Å². The average Bonchev–Trinajstić information content (AvgIpc) is 3.23. The number of rotatable bonds is 4. The summed E-state index contributed by atoms with van der Waals surface area (Å²) in [5.41, 5.74) is 1.11. The number of carbonyl (C=O) groups is 4. The number of allylic oxidation sites excluding steroid dienone is 1. The zero-order valence-corrected chi connectivity index (χ0v) is 17.7. The van der Waals surface area contributed by atoms with E-state index in [0.717, 1.165) is 17.6 Å². The number of Topliss-reactive ketones (excluding diaryl/α,β-unsaturated/α-hetero) is 1. The van der Waals surface area contributed by atoms with E-state index < -0.39 is 53.4 Å². The largest absolute Gasteiger partial charge is 0.480 e. The Morgan fingerprint density at radius 3 is 2.70 bits per heavy atom. The Hall–Kier alpha value is -2.22. The molecule has 8 heteroatoms. The van der Waals surface area contributed by atoms with Crippen molar-refractivity contribution in [3.05, 3.63) is 11.1 Å². The quantitative estimate of drug-likeness (QED) is 0.542. The molecule has 0 aromatic carbocycles. The smallest absolute Gasteiger partial charge is 0.320 e. The molecule has 2 aliphatic heterocycles. The molecule has 0 bridgehead atoms. The predicted molar refractivity (Wildman–Crippen MR) is 104 cm³/mol. The zero-order chi connectivity index (χ0) is 21.8. The number of likely N-dealkylation sites (tertiary alicyclic amines) is 1. The average molecular weight is 419 g/mol. The normalized spacial score (nSPS) is 38.8. The van der Waals surface area contributed by atoms with Crippen LogP contribution in [0.2, 0.25) is 0 Å². The van der Waals surface area contributed by atoms with Gasteiger partial charge in [-0.1, -0.05) is 5.57 Å². The second-order valence-corrected chi connectivity index (χ2v) is 9.33. The van der Waals surface area contributed by atoms with Crippen molar-refractivity contribution in [2.45, 2.75) is 71.1 Å². The van der Waals surface area contributed by atoms with Crippen LogP contribution in [0.15, 0.2) is 11.1 Å². The number of aliphatic carboxylic acids is 1. The fourth-order valence-corrected chi connectivity index (χ4v) is 6.12. The van der Waals surface area contributed by atoms with Crippen LogP contribution in [0.25, 0.3) is 0 Å². The van der Waals surface area contributed by atoms with Gasteiger partial charge in [-0.3, -0.25) is 24.1 Å². The molecule has 2 aliphatic carbocycles. The van der Waals surface area contributed by atoms with E-state index in [1.54, 1.807) is 0 Å². The summed E-state index contributed by atoms with van der Waals surface area (Å²) in [5, 5.41) is 9.51. The monoisotopic (exact) mass is 419 g/mol. The maximum Gasteiger partial charge on any atom is 0.320 e. The van der Waals surface area contributed by atoms with Crippen LogP contribution < -0.4 is 0 Å². The highest BCUT2D eigenvalue weighted by molar-refractivity contribution is 5.91. The fraction of sp³-hybridized carbons (Fsp3) is 0.727. The Bertz CT molecular complexity index is 833. The SMILES string of the molecule is CC(=O)O[C@H]1C[C@@]2(C)C(=O)CCC(C)=C2[C@H]2OC(=O)[C@@H](CN3CCC[C@H]3C(=O)O)[C@H]12. The van der Waals surface area contributed by atoms with Crippen LogP contribution in [-0.4, -0.2) is 65.0 Å². The molecule has 0 aromatic heterocycles. The molecule has 6 atom stereocenters. The van der Waals surface area contributed by atoms with Gasteiger partial charge in [-0.25, -0.2) is 0 Å². The summed E-state index contributed by atoms with van der Waals surface area (Å²) in [4.78, 5) is 51.1. The number of ketones is 1. The first kappa shape index (κ1) is 21.0. The molecule has 0 spiro atoms. The molecule has 0 unspecified atom stereocenters.